The number of rotatable bonds is 4. The molecule has 0 aliphatic heterocycles. The molecule has 0 spiro atoms. The maximum atomic E-state index is 12.0. The van der Waals surface area contributed by atoms with Gasteiger partial charge in [0.05, 0.1) is 5.71 Å². The molecule has 0 saturated heterocycles. The summed E-state index contributed by atoms with van der Waals surface area (Å²) in [7, 11) is 0. The first kappa shape index (κ1) is 13.4. The van der Waals surface area contributed by atoms with E-state index in [1.54, 1.807) is 37.3 Å². The monoisotopic (exact) mass is 284 g/mol. The zero-order valence-electron chi connectivity index (χ0n) is 11.6. The summed E-state index contributed by atoms with van der Waals surface area (Å²) in [6.07, 6.45) is 2.31. The number of hydrogen-bond donors (Lipinski definition) is 3. The highest BCUT2D eigenvalue weighted by atomic mass is 16.3. The van der Waals surface area contributed by atoms with Crippen LogP contribution in [-0.4, -0.2) is 26.9 Å². The molecule has 1 aliphatic carbocycles. The predicted molar refractivity (Wildman–Crippen MR) is 78.3 cm³/mol. The Morgan fingerprint density at radius 2 is 2.10 bits per heavy atom. The molecule has 0 atom stereocenters. The summed E-state index contributed by atoms with van der Waals surface area (Å²) in [6.45, 7) is 1.78. The molecule has 108 valence electrons. The van der Waals surface area contributed by atoms with Gasteiger partial charge >= 0.3 is 0 Å². The lowest BCUT2D eigenvalue weighted by Gasteiger charge is -2.01. The molecule has 0 radical (unpaired) electrons. The lowest BCUT2D eigenvalue weighted by molar-refractivity contribution is 0.0950. The van der Waals surface area contributed by atoms with E-state index in [1.165, 1.54) is 0 Å². The van der Waals surface area contributed by atoms with Crippen LogP contribution >= 0.6 is 0 Å². The van der Waals surface area contributed by atoms with Crippen molar-refractivity contribution in [3.63, 3.8) is 0 Å². The van der Waals surface area contributed by atoms with Crippen molar-refractivity contribution in [3.05, 3.63) is 47.3 Å². The third-order valence-electron chi connectivity index (χ3n) is 3.46. The number of hydrazone groups is 1. The number of nitrogens with one attached hydrogen (secondary N) is 2. The number of benzene rings is 1. The van der Waals surface area contributed by atoms with Gasteiger partial charge < -0.3 is 5.11 Å². The van der Waals surface area contributed by atoms with Crippen LogP contribution in [0.5, 0.6) is 5.75 Å². The van der Waals surface area contributed by atoms with Gasteiger partial charge in [0.2, 0.25) is 0 Å². The molecular formula is C15H16N4O2. The molecule has 3 N–H and O–H groups in total. The Balaban J connectivity index is 1.65. The Morgan fingerprint density at radius 3 is 2.76 bits per heavy atom. The first-order chi connectivity index (χ1) is 10.1. The number of aromatic hydroxyl groups is 1. The fraction of sp³-hybridized carbons (Fsp3) is 0.267. The number of hydrogen-bond acceptors (Lipinski definition) is 4. The van der Waals surface area contributed by atoms with Crippen LogP contribution in [0.1, 0.15) is 47.4 Å². The van der Waals surface area contributed by atoms with Crippen molar-refractivity contribution in [1.82, 2.24) is 15.6 Å². The number of phenols is 1. The van der Waals surface area contributed by atoms with Gasteiger partial charge in [-0.2, -0.15) is 10.2 Å². The summed E-state index contributed by atoms with van der Waals surface area (Å²) >= 11 is 0. The number of H-pyrrole nitrogens is 1. The maximum Gasteiger partial charge on any atom is 0.291 e. The molecule has 21 heavy (non-hydrogen) atoms. The largest absolute Gasteiger partial charge is 0.508 e. The van der Waals surface area contributed by atoms with E-state index < -0.39 is 0 Å². The van der Waals surface area contributed by atoms with E-state index in [9.17, 15) is 9.90 Å². The van der Waals surface area contributed by atoms with E-state index >= 15 is 0 Å². The van der Waals surface area contributed by atoms with E-state index in [2.05, 4.69) is 20.7 Å². The van der Waals surface area contributed by atoms with E-state index in [0.717, 1.165) is 24.1 Å². The average molecular weight is 284 g/mol. The highest BCUT2D eigenvalue weighted by Gasteiger charge is 2.26. The van der Waals surface area contributed by atoms with Gasteiger partial charge in [-0.3, -0.25) is 9.89 Å². The molecule has 1 aromatic carbocycles. The van der Waals surface area contributed by atoms with Crippen molar-refractivity contribution < 1.29 is 9.90 Å². The number of carbonyl (C=O) groups excluding carboxylic acids is 1. The summed E-state index contributed by atoms with van der Waals surface area (Å²) in [5.41, 5.74) is 5.33. The second-order valence-electron chi connectivity index (χ2n) is 5.17. The van der Waals surface area contributed by atoms with Crippen molar-refractivity contribution in [3.8, 4) is 5.75 Å². The van der Waals surface area contributed by atoms with Gasteiger partial charge in [-0.05, 0) is 55.7 Å². The van der Waals surface area contributed by atoms with Crippen LogP contribution in [-0.2, 0) is 0 Å². The Hall–Kier alpha value is -2.63. The minimum absolute atomic E-state index is 0.194. The van der Waals surface area contributed by atoms with Crippen LogP contribution in [0.2, 0.25) is 0 Å². The number of nitrogens with zero attached hydrogens (tertiary/aromatic N) is 2. The predicted octanol–water partition coefficient (Wildman–Crippen LogP) is 2.15. The quantitative estimate of drug-likeness (QED) is 0.593. The lowest BCUT2D eigenvalue weighted by atomic mass is 10.1. The van der Waals surface area contributed by atoms with Gasteiger partial charge in [-0.15, -0.1) is 0 Å². The summed E-state index contributed by atoms with van der Waals surface area (Å²) in [5.74, 6) is 0.386. The van der Waals surface area contributed by atoms with E-state index in [4.69, 9.17) is 0 Å². The zero-order valence-corrected chi connectivity index (χ0v) is 11.6. The van der Waals surface area contributed by atoms with Crippen LogP contribution in [0.15, 0.2) is 35.4 Å². The van der Waals surface area contributed by atoms with Gasteiger partial charge in [0.15, 0.2) is 5.69 Å². The average Bonchev–Trinajstić information content (AvgIpc) is 3.22. The Morgan fingerprint density at radius 1 is 1.38 bits per heavy atom. The van der Waals surface area contributed by atoms with Crippen molar-refractivity contribution in [2.75, 3.05) is 0 Å². The first-order valence-corrected chi connectivity index (χ1v) is 6.83. The second kappa shape index (κ2) is 5.40. The number of phenolic OH excluding ortho intramolecular Hbond substituents is 1. The topological polar surface area (TPSA) is 90.4 Å². The normalized spacial score (nSPS) is 15.0. The molecule has 1 aromatic heterocycles. The highest BCUT2D eigenvalue weighted by molar-refractivity contribution is 6.00. The van der Waals surface area contributed by atoms with E-state index in [-0.39, 0.29) is 11.7 Å². The molecule has 6 heteroatoms. The fourth-order valence-corrected chi connectivity index (χ4v) is 2.02. The van der Waals surface area contributed by atoms with Crippen molar-refractivity contribution in [2.45, 2.75) is 25.7 Å². The summed E-state index contributed by atoms with van der Waals surface area (Å²) in [6, 6.07) is 8.40. The number of amides is 1. The minimum atomic E-state index is -0.337. The van der Waals surface area contributed by atoms with Crippen molar-refractivity contribution in [2.24, 2.45) is 5.10 Å². The number of aromatic nitrogens is 2. The smallest absolute Gasteiger partial charge is 0.291 e. The fourth-order valence-electron chi connectivity index (χ4n) is 2.02. The molecule has 3 rings (SSSR count). The zero-order chi connectivity index (χ0) is 14.8. The van der Waals surface area contributed by atoms with Crippen molar-refractivity contribution >= 4 is 11.6 Å². The minimum Gasteiger partial charge on any atom is -0.508 e. The van der Waals surface area contributed by atoms with Crippen LogP contribution < -0.4 is 5.43 Å². The van der Waals surface area contributed by atoms with Crippen LogP contribution in [0.3, 0.4) is 0 Å². The number of aromatic amines is 1. The summed E-state index contributed by atoms with van der Waals surface area (Å²) < 4.78 is 0. The van der Waals surface area contributed by atoms with Crippen LogP contribution in [0.25, 0.3) is 0 Å². The molecule has 1 fully saturated rings. The lowest BCUT2D eigenvalue weighted by Crippen LogP contribution is -2.19. The molecule has 1 saturated carbocycles. The summed E-state index contributed by atoms with van der Waals surface area (Å²) in [4.78, 5) is 12.0. The Kier molecular flexibility index (Phi) is 3.43. The molecular weight excluding hydrogens is 268 g/mol. The van der Waals surface area contributed by atoms with Gasteiger partial charge in [-0.1, -0.05) is 0 Å². The third-order valence-corrected chi connectivity index (χ3v) is 3.46. The van der Waals surface area contributed by atoms with Crippen molar-refractivity contribution in [1.29, 1.82) is 0 Å². The van der Waals surface area contributed by atoms with Crippen LogP contribution in [0.4, 0.5) is 0 Å². The standard InChI is InChI=1S/C15H16N4O2/c1-9(10-4-6-12(20)7-5-10)16-19-15(21)14-8-13(17-18-14)11-2-3-11/h4-8,11,20H,2-3H2,1H3,(H,17,18)(H,19,21)/b16-9-. The molecule has 6 nitrogen and oxygen atoms in total. The number of carbonyl (C=O) groups is 1. The van der Waals surface area contributed by atoms with Gasteiger partial charge in [0.1, 0.15) is 5.75 Å². The van der Waals surface area contributed by atoms with Gasteiger partial charge in [-0.25, -0.2) is 5.43 Å². The SMILES string of the molecule is C/C(=N/NC(=O)c1cc(C2CC2)[nH]n1)c1ccc(O)cc1. The molecule has 1 amide bonds. The first-order valence-electron chi connectivity index (χ1n) is 6.83. The summed E-state index contributed by atoms with van der Waals surface area (Å²) in [5, 5.41) is 20.2. The molecule has 1 aliphatic rings. The highest BCUT2D eigenvalue weighted by Crippen LogP contribution is 2.38. The molecule has 0 bridgehead atoms. The molecule has 0 unspecified atom stereocenters. The van der Waals surface area contributed by atoms with E-state index in [1.807, 2.05) is 0 Å². The maximum absolute atomic E-state index is 12.0. The van der Waals surface area contributed by atoms with Gasteiger partial charge in [0, 0.05) is 11.6 Å². The van der Waals surface area contributed by atoms with Crippen LogP contribution in [0, 0.1) is 0 Å². The Labute approximate surface area is 121 Å². The molecule has 2 aromatic rings. The Bertz CT molecular complexity index is 684. The van der Waals surface area contributed by atoms with Gasteiger partial charge in [0.25, 0.3) is 5.91 Å². The third kappa shape index (κ3) is 3.10. The second-order valence-corrected chi connectivity index (χ2v) is 5.17. The van der Waals surface area contributed by atoms with E-state index in [0.29, 0.717) is 17.3 Å². The molecule has 1 heterocycles.